The summed E-state index contributed by atoms with van der Waals surface area (Å²) in [5.74, 6) is -0.0892. The summed E-state index contributed by atoms with van der Waals surface area (Å²) in [5, 5.41) is 3.54. The molecule has 2 heterocycles. The second-order valence-electron chi connectivity index (χ2n) is 5.92. The average Bonchev–Trinajstić information content (AvgIpc) is 2.76. The number of sulfonamides is 1. The fourth-order valence-electron chi connectivity index (χ4n) is 3.17. The van der Waals surface area contributed by atoms with Crippen molar-refractivity contribution < 1.29 is 13.2 Å². The van der Waals surface area contributed by atoms with Gasteiger partial charge >= 0.3 is 0 Å². The maximum Gasteiger partial charge on any atom is 0.237 e. The van der Waals surface area contributed by atoms with E-state index in [4.69, 9.17) is 0 Å². The Hall–Kier alpha value is -0.660. The highest BCUT2D eigenvalue weighted by atomic mass is 32.2. The van der Waals surface area contributed by atoms with Crippen molar-refractivity contribution >= 4 is 15.9 Å². The van der Waals surface area contributed by atoms with Gasteiger partial charge in [-0.2, -0.15) is 4.31 Å². The summed E-state index contributed by atoms with van der Waals surface area (Å²) in [5.41, 5.74) is 0. The second kappa shape index (κ2) is 5.99. The summed E-state index contributed by atoms with van der Waals surface area (Å²) in [6.07, 6.45) is 4.33. The van der Waals surface area contributed by atoms with Gasteiger partial charge in [-0.3, -0.25) is 4.79 Å². The van der Waals surface area contributed by atoms with Gasteiger partial charge in [-0.25, -0.2) is 8.42 Å². The van der Waals surface area contributed by atoms with Crippen LogP contribution in [0, 0.1) is 0 Å². The third-order valence-electron chi connectivity index (χ3n) is 4.59. The van der Waals surface area contributed by atoms with Crippen LogP contribution in [0.25, 0.3) is 0 Å². The SMILES string of the molecule is CCS(=O)(=O)N(C)CC(=O)N(C)C1CC2CCC(C1)N2. The molecule has 20 heavy (non-hydrogen) atoms. The molecule has 2 atom stereocenters. The highest BCUT2D eigenvalue weighted by Gasteiger charge is 2.36. The number of rotatable bonds is 5. The zero-order valence-corrected chi connectivity index (χ0v) is 13.3. The number of carbonyl (C=O) groups excluding carboxylic acids is 1. The average molecular weight is 303 g/mol. The molecule has 0 aliphatic carbocycles. The number of likely N-dealkylation sites (N-methyl/N-ethyl adjacent to an activating group) is 2. The number of amides is 1. The maximum atomic E-state index is 12.2. The van der Waals surface area contributed by atoms with E-state index in [0.29, 0.717) is 12.1 Å². The Balaban J connectivity index is 1.92. The summed E-state index contributed by atoms with van der Waals surface area (Å²) in [4.78, 5) is 14.0. The molecule has 2 fully saturated rings. The zero-order chi connectivity index (χ0) is 14.9. The van der Waals surface area contributed by atoms with Crippen LogP contribution in [0.5, 0.6) is 0 Å². The predicted octanol–water partition coefficient (Wildman–Crippen LogP) is 0.00930. The number of carbonyl (C=O) groups is 1. The highest BCUT2D eigenvalue weighted by Crippen LogP contribution is 2.29. The van der Waals surface area contributed by atoms with Gasteiger partial charge < -0.3 is 10.2 Å². The van der Waals surface area contributed by atoms with E-state index in [2.05, 4.69) is 5.32 Å². The molecule has 116 valence electrons. The summed E-state index contributed by atoms with van der Waals surface area (Å²) >= 11 is 0. The molecule has 0 saturated carbocycles. The van der Waals surface area contributed by atoms with Gasteiger partial charge in [0.15, 0.2) is 0 Å². The van der Waals surface area contributed by atoms with E-state index < -0.39 is 10.0 Å². The van der Waals surface area contributed by atoms with Gasteiger partial charge in [-0.05, 0) is 32.6 Å². The van der Waals surface area contributed by atoms with Gasteiger partial charge in [0.2, 0.25) is 15.9 Å². The van der Waals surface area contributed by atoms with Gasteiger partial charge in [0.25, 0.3) is 0 Å². The Morgan fingerprint density at radius 3 is 2.25 bits per heavy atom. The van der Waals surface area contributed by atoms with Gasteiger partial charge in [0, 0.05) is 32.2 Å². The molecule has 1 amide bonds. The van der Waals surface area contributed by atoms with Crippen molar-refractivity contribution in [2.75, 3.05) is 26.4 Å². The zero-order valence-electron chi connectivity index (χ0n) is 12.5. The molecule has 2 rings (SSSR count). The van der Waals surface area contributed by atoms with Crippen molar-refractivity contribution in [2.24, 2.45) is 0 Å². The molecule has 0 aromatic heterocycles. The van der Waals surface area contributed by atoms with Crippen molar-refractivity contribution in [3.8, 4) is 0 Å². The molecular weight excluding hydrogens is 278 g/mol. The van der Waals surface area contributed by atoms with Gasteiger partial charge in [0.05, 0.1) is 12.3 Å². The Kier molecular flexibility index (Phi) is 4.71. The number of piperidine rings is 1. The molecule has 2 bridgehead atoms. The first kappa shape index (κ1) is 15.7. The van der Waals surface area contributed by atoms with Crippen LogP contribution in [-0.4, -0.2) is 68.0 Å². The second-order valence-corrected chi connectivity index (χ2v) is 8.29. The molecular formula is C13H25N3O3S. The van der Waals surface area contributed by atoms with Crippen LogP contribution < -0.4 is 5.32 Å². The van der Waals surface area contributed by atoms with E-state index in [0.717, 1.165) is 17.1 Å². The van der Waals surface area contributed by atoms with E-state index in [1.54, 1.807) is 18.9 Å². The third kappa shape index (κ3) is 3.32. The lowest BCUT2D eigenvalue weighted by Crippen LogP contribution is -2.51. The van der Waals surface area contributed by atoms with E-state index in [1.807, 2.05) is 0 Å². The van der Waals surface area contributed by atoms with Gasteiger partial charge in [0.1, 0.15) is 0 Å². The number of fused-ring (bicyclic) bond motifs is 2. The lowest BCUT2D eigenvalue weighted by molar-refractivity contribution is -0.132. The van der Waals surface area contributed by atoms with Gasteiger partial charge in [-0.15, -0.1) is 0 Å². The smallest absolute Gasteiger partial charge is 0.237 e. The molecule has 2 saturated heterocycles. The van der Waals surface area contributed by atoms with Crippen molar-refractivity contribution in [3.05, 3.63) is 0 Å². The van der Waals surface area contributed by atoms with E-state index >= 15 is 0 Å². The number of hydrogen-bond acceptors (Lipinski definition) is 4. The van der Waals surface area contributed by atoms with Crippen LogP contribution in [0.2, 0.25) is 0 Å². The summed E-state index contributed by atoms with van der Waals surface area (Å²) in [6.45, 7) is 1.52. The fraction of sp³-hybridized carbons (Fsp3) is 0.923. The molecule has 0 aromatic carbocycles. The lowest BCUT2D eigenvalue weighted by Gasteiger charge is -2.36. The molecule has 0 spiro atoms. The van der Waals surface area contributed by atoms with Crippen molar-refractivity contribution in [1.29, 1.82) is 0 Å². The first-order chi connectivity index (χ1) is 9.33. The fourth-order valence-corrected chi connectivity index (χ4v) is 3.92. The van der Waals surface area contributed by atoms with Crippen LogP contribution >= 0.6 is 0 Å². The highest BCUT2D eigenvalue weighted by molar-refractivity contribution is 7.89. The number of hydrogen-bond donors (Lipinski definition) is 1. The lowest BCUT2D eigenvalue weighted by atomic mass is 9.98. The quantitative estimate of drug-likeness (QED) is 0.777. The molecule has 7 heteroatoms. The van der Waals surface area contributed by atoms with Crippen molar-refractivity contribution in [3.63, 3.8) is 0 Å². The molecule has 6 nitrogen and oxygen atoms in total. The topological polar surface area (TPSA) is 69.7 Å². The molecule has 1 N–H and O–H groups in total. The Labute approximate surface area is 121 Å². The number of nitrogens with zero attached hydrogens (tertiary/aromatic N) is 2. The van der Waals surface area contributed by atoms with Gasteiger partial charge in [-0.1, -0.05) is 0 Å². The number of nitrogens with one attached hydrogen (secondary N) is 1. The van der Waals surface area contributed by atoms with Crippen LogP contribution in [0.3, 0.4) is 0 Å². The molecule has 2 aliphatic heterocycles. The molecule has 2 aliphatic rings. The molecule has 0 radical (unpaired) electrons. The summed E-state index contributed by atoms with van der Waals surface area (Å²) in [7, 11) is -0.0285. The predicted molar refractivity (Wildman–Crippen MR) is 77.8 cm³/mol. The minimum absolute atomic E-state index is 0.0258. The largest absolute Gasteiger partial charge is 0.342 e. The molecule has 0 aromatic rings. The monoisotopic (exact) mass is 303 g/mol. The summed E-state index contributed by atoms with van der Waals surface area (Å²) in [6, 6.07) is 1.27. The Morgan fingerprint density at radius 1 is 1.20 bits per heavy atom. The van der Waals surface area contributed by atoms with E-state index in [-0.39, 0.29) is 24.2 Å². The minimum Gasteiger partial charge on any atom is -0.342 e. The molecule has 2 unspecified atom stereocenters. The summed E-state index contributed by atoms with van der Waals surface area (Å²) < 4.78 is 24.5. The third-order valence-corrected chi connectivity index (χ3v) is 6.40. The van der Waals surface area contributed by atoms with Crippen LogP contribution in [0.1, 0.15) is 32.6 Å². The first-order valence-electron chi connectivity index (χ1n) is 7.29. The normalized spacial score (nSPS) is 29.7. The van der Waals surface area contributed by atoms with Crippen molar-refractivity contribution in [1.82, 2.24) is 14.5 Å². The minimum atomic E-state index is -3.29. The first-order valence-corrected chi connectivity index (χ1v) is 8.90. The van der Waals surface area contributed by atoms with Crippen molar-refractivity contribution in [2.45, 2.75) is 50.7 Å². The van der Waals surface area contributed by atoms with E-state index in [1.165, 1.54) is 19.9 Å². The maximum absolute atomic E-state index is 12.2. The Morgan fingerprint density at radius 2 is 1.75 bits per heavy atom. The Bertz CT molecular complexity index is 453. The van der Waals surface area contributed by atoms with Crippen LogP contribution in [-0.2, 0) is 14.8 Å². The van der Waals surface area contributed by atoms with Crippen LogP contribution in [0.15, 0.2) is 0 Å². The van der Waals surface area contributed by atoms with E-state index in [9.17, 15) is 13.2 Å². The van der Waals surface area contributed by atoms with Crippen LogP contribution in [0.4, 0.5) is 0 Å². The standard InChI is InChI=1S/C13H25N3O3S/c1-4-20(18,19)15(2)9-13(17)16(3)12-7-10-5-6-11(8-12)14-10/h10-12,14H,4-9H2,1-3H3.